The summed E-state index contributed by atoms with van der Waals surface area (Å²) < 4.78 is 16.8. The van der Waals surface area contributed by atoms with E-state index in [0.29, 0.717) is 19.3 Å². The van der Waals surface area contributed by atoms with Crippen molar-refractivity contribution >= 4 is 17.9 Å². The Morgan fingerprint density at radius 3 is 0.831 bits per heavy atom. The molecule has 0 N–H and O–H groups in total. The summed E-state index contributed by atoms with van der Waals surface area (Å²) in [5.74, 6) is -0.968. The number of carbonyl (C=O) groups excluding carboxylic acids is 3. The maximum atomic E-state index is 12.9. The Labute approximate surface area is 438 Å². The standard InChI is InChI=1S/C65H110O6/c1-4-7-10-13-16-19-22-25-28-31-32-35-37-40-43-46-49-52-55-58-64(67)70-61-62(71-65(68)59-56-53-50-47-44-41-38-34-30-27-24-21-18-15-12-9-6-3)60-69-63(66)57-54-51-48-45-42-39-36-33-29-26-23-20-17-14-11-8-5-2/h16-21,25-30,38,41,47,50,62H,4-15,22-24,31-37,39-40,42-46,48-49,51-61H2,1-3H3/b19-16-,20-17-,21-18-,28-25-,29-26-,30-27-,41-38-,50-47-/t62-/m1/s1. The van der Waals surface area contributed by atoms with Gasteiger partial charge in [-0.05, 0) is 122 Å². The molecule has 0 fully saturated rings. The van der Waals surface area contributed by atoms with E-state index in [1.807, 2.05) is 0 Å². The van der Waals surface area contributed by atoms with Crippen molar-refractivity contribution in [1.29, 1.82) is 0 Å². The van der Waals surface area contributed by atoms with Crippen LogP contribution in [0.2, 0.25) is 0 Å². The summed E-state index contributed by atoms with van der Waals surface area (Å²) in [5.41, 5.74) is 0. The zero-order chi connectivity index (χ0) is 51.4. The Morgan fingerprint density at radius 1 is 0.282 bits per heavy atom. The van der Waals surface area contributed by atoms with E-state index in [1.165, 1.54) is 148 Å². The Balaban J connectivity index is 4.48. The Hall–Kier alpha value is -3.67. The van der Waals surface area contributed by atoms with Crippen molar-refractivity contribution in [3.8, 4) is 0 Å². The van der Waals surface area contributed by atoms with Crippen LogP contribution in [0.1, 0.15) is 278 Å². The Morgan fingerprint density at radius 2 is 0.521 bits per heavy atom. The second kappa shape index (κ2) is 58.9. The molecule has 0 unspecified atom stereocenters. The van der Waals surface area contributed by atoms with Crippen molar-refractivity contribution in [2.45, 2.75) is 284 Å². The fourth-order valence-electron chi connectivity index (χ4n) is 8.02. The van der Waals surface area contributed by atoms with Gasteiger partial charge in [0.15, 0.2) is 6.10 Å². The van der Waals surface area contributed by atoms with Crippen molar-refractivity contribution in [2.24, 2.45) is 0 Å². The van der Waals surface area contributed by atoms with Crippen molar-refractivity contribution in [3.63, 3.8) is 0 Å². The molecule has 0 aliphatic carbocycles. The van der Waals surface area contributed by atoms with Crippen molar-refractivity contribution in [1.82, 2.24) is 0 Å². The number of allylic oxidation sites excluding steroid dienone is 16. The van der Waals surface area contributed by atoms with Crippen LogP contribution in [0.15, 0.2) is 97.2 Å². The van der Waals surface area contributed by atoms with Crippen LogP contribution < -0.4 is 0 Å². The molecule has 0 saturated heterocycles. The Kier molecular flexibility index (Phi) is 55.9. The second-order valence-corrected chi connectivity index (χ2v) is 19.5. The highest BCUT2D eigenvalue weighted by Gasteiger charge is 2.19. The van der Waals surface area contributed by atoms with Gasteiger partial charge in [-0.15, -0.1) is 0 Å². The minimum atomic E-state index is -0.813. The first-order valence-corrected chi connectivity index (χ1v) is 29.7. The second-order valence-electron chi connectivity index (χ2n) is 19.5. The lowest BCUT2D eigenvalue weighted by atomic mass is 10.1. The van der Waals surface area contributed by atoms with Gasteiger partial charge in [-0.1, -0.05) is 234 Å². The molecule has 0 amide bonds. The van der Waals surface area contributed by atoms with Crippen LogP contribution in [0.25, 0.3) is 0 Å². The highest BCUT2D eigenvalue weighted by atomic mass is 16.6. The maximum Gasteiger partial charge on any atom is 0.306 e. The largest absolute Gasteiger partial charge is 0.462 e. The van der Waals surface area contributed by atoms with Gasteiger partial charge >= 0.3 is 17.9 Å². The van der Waals surface area contributed by atoms with E-state index < -0.39 is 6.10 Å². The first-order valence-electron chi connectivity index (χ1n) is 29.7. The fraction of sp³-hybridized carbons (Fsp3) is 0.708. The van der Waals surface area contributed by atoms with E-state index in [4.69, 9.17) is 14.2 Å². The summed E-state index contributed by atoms with van der Waals surface area (Å²) in [6.07, 6.45) is 78.2. The number of unbranched alkanes of at least 4 members (excludes halogenated alkanes) is 26. The lowest BCUT2D eigenvalue weighted by Crippen LogP contribution is -2.30. The smallest absolute Gasteiger partial charge is 0.306 e. The van der Waals surface area contributed by atoms with Gasteiger partial charge in [-0.3, -0.25) is 14.4 Å². The number of hydrogen-bond acceptors (Lipinski definition) is 6. The summed E-state index contributed by atoms with van der Waals surface area (Å²) >= 11 is 0. The quantitative estimate of drug-likeness (QED) is 0.0261. The summed E-state index contributed by atoms with van der Waals surface area (Å²) in [5, 5.41) is 0. The van der Waals surface area contributed by atoms with Gasteiger partial charge in [-0.25, -0.2) is 0 Å². The van der Waals surface area contributed by atoms with Gasteiger partial charge in [0.05, 0.1) is 0 Å². The highest BCUT2D eigenvalue weighted by Crippen LogP contribution is 2.14. The van der Waals surface area contributed by atoms with Crippen LogP contribution in [0, 0.1) is 0 Å². The van der Waals surface area contributed by atoms with Crippen LogP contribution in [0.5, 0.6) is 0 Å². The van der Waals surface area contributed by atoms with Gasteiger partial charge in [0.25, 0.3) is 0 Å². The first kappa shape index (κ1) is 67.3. The molecule has 6 nitrogen and oxygen atoms in total. The number of ether oxygens (including phenoxy) is 3. The molecule has 71 heavy (non-hydrogen) atoms. The fourth-order valence-corrected chi connectivity index (χ4v) is 8.02. The minimum absolute atomic E-state index is 0.104. The Bertz CT molecular complexity index is 1410. The zero-order valence-corrected chi connectivity index (χ0v) is 46.5. The van der Waals surface area contributed by atoms with Crippen LogP contribution >= 0.6 is 0 Å². The van der Waals surface area contributed by atoms with Gasteiger partial charge in [0, 0.05) is 19.3 Å². The van der Waals surface area contributed by atoms with Crippen molar-refractivity contribution in [3.05, 3.63) is 97.2 Å². The van der Waals surface area contributed by atoms with E-state index in [0.717, 1.165) is 83.5 Å². The third kappa shape index (κ3) is 57.1. The maximum absolute atomic E-state index is 12.9. The lowest BCUT2D eigenvalue weighted by molar-refractivity contribution is -0.167. The number of rotatable bonds is 53. The molecule has 0 bridgehead atoms. The topological polar surface area (TPSA) is 78.9 Å². The predicted molar refractivity (Wildman–Crippen MR) is 307 cm³/mol. The van der Waals surface area contributed by atoms with Gasteiger partial charge in [-0.2, -0.15) is 0 Å². The molecule has 0 aromatic rings. The third-order valence-corrected chi connectivity index (χ3v) is 12.5. The van der Waals surface area contributed by atoms with Gasteiger partial charge < -0.3 is 14.2 Å². The number of hydrogen-bond donors (Lipinski definition) is 0. The minimum Gasteiger partial charge on any atom is -0.462 e. The first-order chi connectivity index (χ1) is 35.0. The summed E-state index contributed by atoms with van der Waals surface area (Å²) in [6, 6.07) is 0. The molecule has 0 aliphatic heterocycles. The summed E-state index contributed by atoms with van der Waals surface area (Å²) in [7, 11) is 0. The van der Waals surface area contributed by atoms with E-state index >= 15 is 0 Å². The van der Waals surface area contributed by atoms with Crippen molar-refractivity contribution < 1.29 is 28.6 Å². The average Bonchev–Trinajstić information content (AvgIpc) is 3.37. The molecule has 0 rings (SSSR count). The number of esters is 3. The molecular formula is C65H110O6. The monoisotopic (exact) mass is 987 g/mol. The molecule has 6 heteroatoms. The molecule has 0 heterocycles. The molecule has 0 aromatic carbocycles. The molecule has 1 atom stereocenters. The molecule has 0 spiro atoms. The lowest BCUT2D eigenvalue weighted by Gasteiger charge is -2.18. The molecule has 406 valence electrons. The summed E-state index contributed by atoms with van der Waals surface area (Å²) in [4.78, 5) is 38.2. The van der Waals surface area contributed by atoms with Crippen LogP contribution in [-0.4, -0.2) is 37.2 Å². The molecule has 0 aliphatic rings. The van der Waals surface area contributed by atoms with Gasteiger partial charge in [0.2, 0.25) is 0 Å². The van der Waals surface area contributed by atoms with Crippen LogP contribution in [-0.2, 0) is 28.6 Å². The SMILES string of the molecule is CCCCC/C=C\C/C=C\C/C=C\C/C=C\CCCC(=O)O[C@H](COC(=O)CCCCCCCCC/C=C\C/C=C\CCCCC)COC(=O)CCCCCCCCCCC/C=C\C/C=C\CCCCC. The summed E-state index contributed by atoms with van der Waals surface area (Å²) in [6.45, 7) is 6.52. The highest BCUT2D eigenvalue weighted by molar-refractivity contribution is 5.71. The number of carbonyl (C=O) groups is 3. The predicted octanol–water partition coefficient (Wildman–Crippen LogP) is 20.1. The average molecular weight is 988 g/mol. The molecular weight excluding hydrogens is 877 g/mol. The van der Waals surface area contributed by atoms with E-state index in [-0.39, 0.29) is 37.5 Å². The van der Waals surface area contributed by atoms with Crippen LogP contribution in [0.4, 0.5) is 0 Å². The van der Waals surface area contributed by atoms with E-state index in [1.54, 1.807) is 0 Å². The van der Waals surface area contributed by atoms with E-state index in [2.05, 4.69) is 118 Å². The molecule has 0 saturated carbocycles. The molecule has 0 radical (unpaired) electrons. The van der Waals surface area contributed by atoms with Crippen molar-refractivity contribution in [2.75, 3.05) is 13.2 Å². The third-order valence-electron chi connectivity index (χ3n) is 12.5. The zero-order valence-electron chi connectivity index (χ0n) is 46.5. The van der Waals surface area contributed by atoms with Gasteiger partial charge in [0.1, 0.15) is 13.2 Å². The molecule has 0 aromatic heterocycles. The van der Waals surface area contributed by atoms with Crippen LogP contribution in [0.3, 0.4) is 0 Å². The van der Waals surface area contributed by atoms with E-state index in [9.17, 15) is 14.4 Å². The normalized spacial score (nSPS) is 12.8.